The van der Waals surface area contributed by atoms with E-state index in [1.807, 2.05) is 7.05 Å². The van der Waals surface area contributed by atoms with Crippen LogP contribution in [0.2, 0.25) is 0 Å². The third kappa shape index (κ3) is 5.91. The largest absolute Gasteiger partial charge is 0.356 e. The van der Waals surface area contributed by atoms with Gasteiger partial charge in [-0.1, -0.05) is 13.8 Å². The standard InChI is InChI=1S/C13H28N4/c1-4-7-15-13(14-3)16-8-11-17-9-5-12(2)6-10-17/h12H,4-11H2,1-3H3,(H2,14,15,16). The molecule has 0 aromatic rings. The molecule has 100 valence electrons. The molecule has 0 spiro atoms. The summed E-state index contributed by atoms with van der Waals surface area (Å²) in [5.41, 5.74) is 0. The Labute approximate surface area is 106 Å². The van der Waals surface area contributed by atoms with Crippen LogP contribution >= 0.6 is 0 Å². The van der Waals surface area contributed by atoms with Crippen LogP contribution in [-0.4, -0.2) is 50.6 Å². The summed E-state index contributed by atoms with van der Waals surface area (Å²) in [6.07, 6.45) is 3.83. The third-order valence-corrected chi connectivity index (χ3v) is 3.36. The van der Waals surface area contributed by atoms with Gasteiger partial charge in [0, 0.05) is 26.7 Å². The highest BCUT2D eigenvalue weighted by molar-refractivity contribution is 5.79. The normalized spacial score (nSPS) is 19.4. The molecule has 0 saturated carbocycles. The zero-order valence-electron chi connectivity index (χ0n) is 11.6. The molecule has 0 bridgehead atoms. The number of hydrogen-bond acceptors (Lipinski definition) is 2. The fourth-order valence-electron chi connectivity index (χ4n) is 2.08. The summed E-state index contributed by atoms with van der Waals surface area (Å²) in [7, 11) is 1.83. The molecule has 0 aromatic carbocycles. The molecule has 1 fully saturated rings. The molecule has 2 N–H and O–H groups in total. The van der Waals surface area contributed by atoms with Crippen molar-refractivity contribution in [3.8, 4) is 0 Å². The summed E-state index contributed by atoms with van der Waals surface area (Å²) < 4.78 is 0. The van der Waals surface area contributed by atoms with Crippen LogP contribution < -0.4 is 10.6 Å². The van der Waals surface area contributed by atoms with E-state index < -0.39 is 0 Å². The molecule has 1 heterocycles. The van der Waals surface area contributed by atoms with Crippen LogP contribution in [0.15, 0.2) is 4.99 Å². The predicted molar refractivity (Wildman–Crippen MR) is 74.5 cm³/mol. The number of nitrogens with one attached hydrogen (secondary N) is 2. The van der Waals surface area contributed by atoms with Crippen LogP contribution in [0.3, 0.4) is 0 Å². The minimum absolute atomic E-state index is 0.915. The Morgan fingerprint density at radius 2 is 1.88 bits per heavy atom. The monoisotopic (exact) mass is 240 g/mol. The number of piperidine rings is 1. The van der Waals surface area contributed by atoms with Gasteiger partial charge in [-0.3, -0.25) is 4.99 Å². The van der Waals surface area contributed by atoms with Crippen molar-refractivity contribution in [2.75, 3.05) is 39.8 Å². The summed E-state index contributed by atoms with van der Waals surface area (Å²) in [5, 5.41) is 6.64. The average molecular weight is 240 g/mol. The highest BCUT2D eigenvalue weighted by atomic mass is 15.2. The highest BCUT2D eigenvalue weighted by Crippen LogP contribution is 2.14. The van der Waals surface area contributed by atoms with Gasteiger partial charge >= 0.3 is 0 Å². The van der Waals surface area contributed by atoms with Crippen LogP contribution in [-0.2, 0) is 0 Å². The predicted octanol–water partition coefficient (Wildman–Crippen LogP) is 1.29. The van der Waals surface area contributed by atoms with Gasteiger partial charge in [-0.2, -0.15) is 0 Å². The third-order valence-electron chi connectivity index (χ3n) is 3.36. The maximum Gasteiger partial charge on any atom is 0.191 e. The Bertz CT molecular complexity index is 219. The molecule has 0 unspecified atom stereocenters. The summed E-state index contributed by atoms with van der Waals surface area (Å²) in [4.78, 5) is 6.74. The Hall–Kier alpha value is -0.770. The molecule has 1 aliphatic heterocycles. The second-order valence-electron chi connectivity index (χ2n) is 4.95. The zero-order valence-corrected chi connectivity index (χ0v) is 11.6. The zero-order chi connectivity index (χ0) is 12.5. The van der Waals surface area contributed by atoms with Gasteiger partial charge in [0.05, 0.1) is 0 Å². The second-order valence-corrected chi connectivity index (χ2v) is 4.95. The van der Waals surface area contributed by atoms with E-state index in [2.05, 4.69) is 34.4 Å². The summed E-state index contributed by atoms with van der Waals surface area (Å²) in [5.74, 6) is 1.84. The van der Waals surface area contributed by atoms with Crippen LogP contribution in [0.4, 0.5) is 0 Å². The van der Waals surface area contributed by atoms with Crippen molar-refractivity contribution < 1.29 is 0 Å². The summed E-state index contributed by atoms with van der Waals surface area (Å²) in [6, 6.07) is 0. The van der Waals surface area contributed by atoms with Gasteiger partial charge in [-0.25, -0.2) is 0 Å². The molecule has 4 heteroatoms. The molecule has 4 nitrogen and oxygen atoms in total. The fraction of sp³-hybridized carbons (Fsp3) is 0.923. The fourth-order valence-corrected chi connectivity index (χ4v) is 2.08. The molecule has 1 rings (SSSR count). The number of nitrogens with zero attached hydrogens (tertiary/aromatic N) is 2. The van der Waals surface area contributed by atoms with E-state index in [0.717, 1.165) is 37.9 Å². The lowest BCUT2D eigenvalue weighted by molar-refractivity contribution is 0.195. The van der Waals surface area contributed by atoms with Crippen molar-refractivity contribution in [2.24, 2.45) is 10.9 Å². The molecule has 1 saturated heterocycles. The summed E-state index contributed by atoms with van der Waals surface area (Å²) in [6.45, 7) is 10.1. The Kier molecular flexibility index (Phi) is 7.01. The van der Waals surface area contributed by atoms with Crippen molar-refractivity contribution in [3.05, 3.63) is 0 Å². The molecule has 0 radical (unpaired) electrons. The maximum absolute atomic E-state index is 4.20. The first-order chi connectivity index (χ1) is 8.26. The minimum atomic E-state index is 0.915. The lowest BCUT2D eigenvalue weighted by atomic mass is 9.99. The van der Waals surface area contributed by atoms with E-state index in [4.69, 9.17) is 0 Å². The molecule has 0 aromatic heterocycles. The van der Waals surface area contributed by atoms with Crippen molar-refractivity contribution in [2.45, 2.75) is 33.1 Å². The molecule has 17 heavy (non-hydrogen) atoms. The lowest BCUT2D eigenvalue weighted by Gasteiger charge is -2.30. The van der Waals surface area contributed by atoms with Gasteiger partial charge < -0.3 is 15.5 Å². The first kappa shape index (κ1) is 14.3. The number of hydrogen-bond donors (Lipinski definition) is 2. The van der Waals surface area contributed by atoms with E-state index in [9.17, 15) is 0 Å². The first-order valence-corrected chi connectivity index (χ1v) is 6.93. The Morgan fingerprint density at radius 1 is 1.24 bits per heavy atom. The molecular formula is C13H28N4. The van der Waals surface area contributed by atoms with Crippen LogP contribution in [0.25, 0.3) is 0 Å². The van der Waals surface area contributed by atoms with Gasteiger partial charge in [-0.05, 0) is 38.3 Å². The van der Waals surface area contributed by atoms with E-state index >= 15 is 0 Å². The summed E-state index contributed by atoms with van der Waals surface area (Å²) >= 11 is 0. The van der Waals surface area contributed by atoms with E-state index in [0.29, 0.717) is 0 Å². The van der Waals surface area contributed by atoms with Crippen molar-refractivity contribution >= 4 is 5.96 Å². The van der Waals surface area contributed by atoms with Crippen molar-refractivity contribution in [1.82, 2.24) is 15.5 Å². The van der Waals surface area contributed by atoms with E-state index in [1.165, 1.54) is 25.9 Å². The SMILES string of the molecule is CCCNC(=NC)NCCN1CCC(C)CC1. The molecule has 0 atom stereocenters. The highest BCUT2D eigenvalue weighted by Gasteiger charge is 2.14. The second kappa shape index (κ2) is 8.34. The molecule has 1 aliphatic rings. The maximum atomic E-state index is 4.20. The number of guanidine groups is 1. The smallest absolute Gasteiger partial charge is 0.191 e. The van der Waals surface area contributed by atoms with Crippen LogP contribution in [0.5, 0.6) is 0 Å². The Morgan fingerprint density at radius 3 is 2.47 bits per heavy atom. The van der Waals surface area contributed by atoms with Gasteiger partial charge in [-0.15, -0.1) is 0 Å². The number of rotatable bonds is 5. The quantitative estimate of drug-likeness (QED) is 0.562. The van der Waals surface area contributed by atoms with Gasteiger partial charge in [0.1, 0.15) is 0 Å². The van der Waals surface area contributed by atoms with Gasteiger partial charge in [0.2, 0.25) is 0 Å². The molecular weight excluding hydrogens is 212 g/mol. The van der Waals surface area contributed by atoms with Crippen LogP contribution in [0.1, 0.15) is 33.1 Å². The average Bonchev–Trinajstić information content (AvgIpc) is 2.36. The molecule has 0 amide bonds. The minimum Gasteiger partial charge on any atom is -0.356 e. The first-order valence-electron chi connectivity index (χ1n) is 6.93. The van der Waals surface area contributed by atoms with Crippen molar-refractivity contribution in [3.63, 3.8) is 0 Å². The van der Waals surface area contributed by atoms with E-state index in [1.54, 1.807) is 0 Å². The number of aliphatic imine (C=N–C) groups is 1. The van der Waals surface area contributed by atoms with Gasteiger partial charge in [0.15, 0.2) is 5.96 Å². The molecule has 0 aliphatic carbocycles. The lowest BCUT2D eigenvalue weighted by Crippen LogP contribution is -2.43. The topological polar surface area (TPSA) is 39.7 Å². The van der Waals surface area contributed by atoms with Crippen molar-refractivity contribution in [1.29, 1.82) is 0 Å². The van der Waals surface area contributed by atoms with Crippen LogP contribution in [0, 0.1) is 5.92 Å². The number of likely N-dealkylation sites (tertiary alicyclic amines) is 1. The van der Waals surface area contributed by atoms with Gasteiger partial charge in [0.25, 0.3) is 0 Å². The van der Waals surface area contributed by atoms with E-state index in [-0.39, 0.29) is 0 Å². The Balaban J connectivity index is 2.09.